The summed E-state index contributed by atoms with van der Waals surface area (Å²) in [4.78, 5) is 27.1. The number of piperidine rings is 1. The van der Waals surface area contributed by atoms with Crippen LogP contribution >= 0.6 is 0 Å². The lowest BCUT2D eigenvalue weighted by molar-refractivity contribution is -0.122. The molecule has 0 amide bonds. The van der Waals surface area contributed by atoms with Crippen LogP contribution < -0.4 is 10.9 Å². The normalized spacial score (nSPS) is 22.5. The van der Waals surface area contributed by atoms with E-state index in [1.807, 2.05) is 25.1 Å². The predicted molar refractivity (Wildman–Crippen MR) is 125 cm³/mol. The highest BCUT2D eigenvalue weighted by Gasteiger charge is 2.42. The predicted octanol–water partition coefficient (Wildman–Crippen LogP) is 3.00. The molecule has 4 rings (SSSR count). The molecule has 33 heavy (non-hydrogen) atoms. The van der Waals surface area contributed by atoms with Crippen molar-refractivity contribution in [3.63, 3.8) is 0 Å². The minimum atomic E-state index is -0.556. The van der Waals surface area contributed by atoms with Gasteiger partial charge in [-0.3, -0.25) is 9.59 Å². The van der Waals surface area contributed by atoms with Gasteiger partial charge in [0.2, 0.25) is 0 Å². The summed E-state index contributed by atoms with van der Waals surface area (Å²) in [5.41, 5.74) is 1.55. The highest BCUT2D eigenvalue weighted by atomic mass is 19.1. The number of pyridine rings is 1. The summed E-state index contributed by atoms with van der Waals surface area (Å²) in [6.07, 6.45) is 5.31. The highest BCUT2D eigenvalue weighted by Crippen LogP contribution is 2.36. The van der Waals surface area contributed by atoms with E-state index in [2.05, 4.69) is 11.4 Å². The van der Waals surface area contributed by atoms with Crippen molar-refractivity contribution in [2.24, 2.45) is 11.8 Å². The second-order valence-electron chi connectivity index (χ2n) is 9.67. The number of benzene rings is 1. The molecular formula is C26H31FN4O2. The molecule has 174 valence electrons. The minimum absolute atomic E-state index is 0.0700. The van der Waals surface area contributed by atoms with Gasteiger partial charge in [0.05, 0.1) is 18.0 Å². The Balaban J connectivity index is 1.41. The minimum Gasteiger partial charge on any atom is -0.314 e. The first-order chi connectivity index (χ1) is 15.8. The number of halogens is 1. The van der Waals surface area contributed by atoms with Crippen molar-refractivity contribution in [3.05, 3.63) is 58.3 Å². The van der Waals surface area contributed by atoms with Crippen LogP contribution in [-0.2, 0) is 17.8 Å². The number of rotatable bonds is 9. The molecule has 0 spiro atoms. The fourth-order valence-corrected chi connectivity index (χ4v) is 5.09. The molecule has 1 saturated carbocycles. The van der Waals surface area contributed by atoms with Gasteiger partial charge >= 0.3 is 0 Å². The maximum atomic E-state index is 14.9. The molecule has 0 radical (unpaired) electrons. The van der Waals surface area contributed by atoms with Gasteiger partial charge in [-0.05, 0) is 74.5 Å². The summed E-state index contributed by atoms with van der Waals surface area (Å²) >= 11 is 0. The van der Waals surface area contributed by atoms with Crippen LogP contribution in [0.1, 0.15) is 31.2 Å². The van der Waals surface area contributed by atoms with E-state index in [-0.39, 0.29) is 30.2 Å². The van der Waals surface area contributed by atoms with Crippen molar-refractivity contribution in [1.29, 1.82) is 5.26 Å². The number of carbonyl (C=O) groups excluding carboxylic acids is 1. The number of ketones is 1. The highest BCUT2D eigenvalue weighted by molar-refractivity contribution is 5.85. The number of Topliss-reactive ketones (excluding diaryl/α,β-unsaturated/α-hetero) is 1. The Morgan fingerprint density at radius 1 is 1.27 bits per heavy atom. The lowest BCUT2D eigenvalue weighted by atomic mass is 9.88. The van der Waals surface area contributed by atoms with E-state index in [0.717, 1.165) is 25.8 Å². The number of nitrogens with one attached hydrogen (secondary N) is 1. The number of carbonyl (C=O) groups is 1. The Labute approximate surface area is 194 Å². The van der Waals surface area contributed by atoms with Gasteiger partial charge in [-0.1, -0.05) is 12.1 Å². The average molecular weight is 451 g/mol. The third-order valence-corrected chi connectivity index (χ3v) is 6.97. The first kappa shape index (κ1) is 23.3. The molecule has 2 aliphatic rings. The van der Waals surface area contributed by atoms with Gasteiger partial charge in [0, 0.05) is 37.8 Å². The molecule has 2 heterocycles. The maximum Gasteiger partial charge on any atom is 0.251 e. The van der Waals surface area contributed by atoms with E-state index in [1.54, 1.807) is 22.9 Å². The Kier molecular flexibility index (Phi) is 7.06. The number of aromatic nitrogens is 1. The number of nitriles is 1. The van der Waals surface area contributed by atoms with Gasteiger partial charge in [0.25, 0.3) is 5.56 Å². The first-order valence-corrected chi connectivity index (χ1v) is 11.7. The molecule has 1 aliphatic heterocycles. The van der Waals surface area contributed by atoms with Crippen LogP contribution in [0.4, 0.5) is 4.39 Å². The third kappa shape index (κ3) is 5.40. The van der Waals surface area contributed by atoms with Gasteiger partial charge < -0.3 is 14.8 Å². The number of nitrogens with zero attached hydrogens (tertiary/aromatic N) is 3. The molecule has 1 aromatic carbocycles. The van der Waals surface area contributed by atoms with Crippen molar-refractivity contribution < 1.29 is 9.18 Å². The molecule has 2 bridgehead atoms. The van der Waals surface area contributed by atoms with Crippen LogP contribution in [0.15, 0.2) is 41.3 Å². The molecule has 2 aromatic rings. The third-order valence-electron chi connectivity index (χ3n) is 6.97. The number of fused-ring (bicyclic) bond motifs is 2. The summed E-state index contributed by atoms with van der Waals surface area (Å²) in [6.45, 7) is 1.34. The SMILES string of the molecule is CN(C)CCn1ccc(-c2ccc(C[C@@H](C#N)CC(=O)[C@H]3N[C@@H]4CC[C@H]3C4)c(F)c2)cc1=O. The maximum absolute atomic E-state index is 14.9. The van der Waals surface area contributed by atoms with E-state index in [4.69, 9.17) is 0 Å². The molecule has 0 unspecified atom stereocenters. The molecule has 1 N–H and O–H groups in total. The Morgan fingerprint density at radius 2 is 2.06 bits per heavy atom. The Morgan fingerprint density at radius 3 is 2.67 bits per heavy atom. The Bertz CT molecular complexity index is 1120. The van der Waals surface area contributed by atoms with Crippen LogP contribution in [0.25, 0.3) is 11.1 Å². The molecule has 1 aliphatic carbocycles. The second kappa shape index (κ2) is 9.98. The van der Waals surface area contributed by atoms with Gasteiger partial charge in [0.1, 0.15) is 5.82 Å². The van der Waals surface area contributed by atoms with Crippen LogP contribution in [0.3, 0.4) is 0 Å². The topological polar surface area (TPSA) is 78.1 Å². The molecular weight excluding hydrogens is 419 g/mol. The van der Waals surface area contributed by atoms with E-state index in [0.29, 0.717) is 35.2 Å². The summed E-state index contributed by atoms with van der Waals surface area (Å²) in [5.74, 6) is -0.522. The van der Waals surface area contributed by atoms with Gasteiger partial charge in [0.15, 0.2) is 5.78 Å². The number of likely N-dealkylation sites (N-methyl/N-ethyl adjacent to an activating group) is 1. The van der Waals surface area contributed by atoms with E-state index in [1.165, 1.54) is 12.1 Å². The second-order valence-corrected chi connectivity index (χ2v) is 9.67. The van der Waals surface area contributed by atoms with Crippen LogP contribution in [0, 0.1) is 29.0 Å². The standard InChI is InChI=1S/C26H31FN4O2/c1-30(2)9-10-31-8-7-19(15-25(31)33)18-3-4-20(23(27)14-18)11-17(16-28)12-24(32)26-21-5-6-22(13-21)29-26/h3-4,7-8,14-15,17,21-22,26,29H,5-6,9-13H2,1-2H3/t17-,21+,22-,26+/m1/s1. The van der Waals surface area contributed by atoms with Gasteiger partial charge in [-0.25, -0.2) is 4.39 Å². The summed E-state index contributed by atoms with van der Waals surface area (Å²) in [7, 11) is 3.90. The van der Waals surface area contributed by atoms with Gasteiger partial charge in [-0.2, -0.15) is 5.26 Å². The fourth-order valence-electron chi connectivity index (χ4n) is 5.09. The Hall–Kier alpha value is -2.82. The fraction of sp³-hybridized carbons (Fsp3) is 0.500. The first-order valence-electron chi connectivity index (χ1n) is 11.7. The summed E-state index contributed by atoms with van der Waals surface area (Å²) < 4.78 is 16.5. The molecule has 4 atom stereocenters. The monoisotopic (exact) mass is 450 g/mol. The zero-order valence-electron chi connectivity index (χ0n) is 19.3. The van der Waals surface area contributed by atoms with Crippen molar-refractivity contribution in [2.45, 2.75) is 50.7 Å². The number of hydrogen-bond acceptors (Lipinski definition) is 5. The smallest absolute Gasteiger partial charge is 0.251 e. The van der Waals surface area contributed by atoms with Crippen molar-refractivity contribution in [3.8, 4) is 17.2 Å². The number of hydrogen-bond donors (Lipinski definition) is 1. The molecule has 1 saturated heterocycles. The zero-order valence-corrected chi connectivity index (χ0v) is 19.3. The quantitative estimate of drug-likeness (QED) is 0.636. The van der Waals surface area contributed by atoms with Crippen LogP contribution in [-0.4, -0.2) is 48.0 Å². The van der Waals surface area contributed by atoms with Crippen molar-refractivity contribution in [2.75, 3.05) is 20.6 Å². The zero-order chi connectivity index (χ0) is 23.5. The largest absolute Gasteiger partial charge is 0.314 e. The molecule has 1 aromatic heterocycles. The lowest BCUT2D eigenvalue weighted by Gasteiger charge is -2.22. The van der Waals surface area contributed by atoms with Crippen LogP contribution in [0.2, 0.25) is 0 Å². The van der Waals surface area contributed by atoms with E-state index in [9.17, 15) is 19.2 Å². The van der Waals surface area contributed by atoms with Crippen LogP contribution in [0.5, 0.6) is 0 Å². The molecule has 6 nitrogen and oxygen atoms in total. The summed E-state index contributed by atoms with van der Waals surface area (Å²) in [6, 6.07) is 10.6. The van der Waals surface area contributed by atoms with E-state index >= 15 is 0 Å². The van der Waals surface area contributed by atoms with Gasteiger partial charge in [-0.15, -0.1) is 0 Å². The molecule has 2 fully saturated rings. The molecule has 7 heteroatoms. The van der Waals surface area contributed by atoms with E-state index < -0.39 is 11.7 Å². The average Bonchev–Trinajstić information content (AvgIpc) is 3.42. The van der Waals surface area contributed by atoms with Crippen molar-refractivity contribution >= 4 is 5.78 Å². The summed E-state index contributed by atoms with van der Waals surface area (Å²) in [5, 5.41) is 13.0. The van der Waals surface area contributed by atoms with Crippen molar-refractivity contribution in [1.82, 2.24) is 14.8 Å². The lowest BCUT2D eigenvalue weighted by Crippen LogP contribution is -2.42.